The lowest BCUT2D eigenvalue weighted by atomic mass is 10.2. The number of allylic oxidation sites excluding steroid dienone is 1. The minimum Gasteiger partial charge on any atom is -0.352 e. The van der Waals surface area contributed by atoms with E-state index >= 15 is 0 Å². The van der Waals surface area contributed by atoms with Gasteiger partial charge in [-0.1, -0.05) is 13.0 Å². The molecule has 1 heterocycles. The lowest BCUT2D eigenvalue weighted by molar-refractivity contribution is -0.384. The van der Waals surface area contributed by atoms with E-state index in [1.165, 1.54) is 0 Å². The van der Waals surface area contributed by atoms with Gasteiger partial charge in [-0.2, -0.15) is 0 Å². The number of anilines is 1. The molecular formula is C16H24N4O3. The summed E-state index contributed by atoms with van der Waals surface area (Å²) in [6, 6.07) is 1.62. The second-order valence-corrected chi connectivity index (χ2v) is 5.50. The number of pyridine rings is 1. The first-order chi connectivity index (χ1) is 10.8. The van der Waals surface area contributed by atoms with Crippen molar-refractivity contribution < 1.29 is 9.72 Å². The number of aromatic nitrogens is 1. The second-order valence-electron chi connectivity index (χ2n) is 5.50. The largest absolute Gasteiger partial charge is 0.352 e. The van der Waals surface area contributed by atoms with E-state index in [1.807, 2.05) is 13.0 Å². The summed E-state index contributed by atoms with van der Waals surface area (Å²) in [5.41, 5.74) is 1.28. The van der Waals surface area contributed by atoms with Gasteiger partial charge in [-0.15, -0.1) is 0 Å². The highest BCUT2D eigenvalue weighted by Crippen LogP contribution is 2.27. The highest BCUT2D eigenvalue weighted by molar-refractivity contribution is 5.92. The number of hydrogen-bond acceptors (Lipinski definition) is 5. The number of hydrogen-bond donors (Lipinski definition) is 0. The lowest BCUT2D eigenvalue weighted by Gasteiger charge is -2.23. The van der Waals surface area contributed by atoms with Crippen LogP contribution < -0.4 is 4.90 Å². The maximum Gasteiger partial charge on any atom is 0.314 e. The molecule has 0 aliphatic rings. The Morgan fingerprint density at radius 2 is 2.04 bits per heavy atom. The molecule has 0 aromatic carbocycles. The van der Waals surface area contributed by atoms with Gasteiger partial charge in [-0.3, -0.25) is 14.9 Å². The van der Waals surface area contributed by atoms with Crippen molar-refractivity contribution >= 4 is 17.4 Å². The third-order valence-electron chi connectivity index (χ3n) is 3.62. The van der Waals surface area contributed by atoms with E-state index in [4.69, 9.17) is 0 Å². The van der Waals surface area contributed by atoms with E-state index < -0.39 is 4.92 Å². The Hall–Kier alpha value is -2.44. The summed E-state index contributed by atoms with van der Waals surface area (Å²) in [6.07, 6.45) is 4.25. The molecule has 0 radical (unpaired) electrons. The van der Waals surface area contributed by atoms with Crippen LogP contribution in [0.5, 0.6) is 0 Å². The fourth-order valence-corrected chi connectivity index (χ4v) is 2.24. The van der Waals surface area contributed by atoms with E-state index in [9.17, 15) is 14.9 Å². The maximum atomic E-state index is 12.1. The number of carbonyl (C=O) groups is 1. The summed E-state index contributed by atoms with van der Waals surface area (Å²) in [6.45, 7) is 6.37. The van der Waals surface area contributed by atoms with Gasteiger partial charge in [0.2, 0.25) is 11.7 Å². The molecule has 0 bridgehead atoms. The van der Waals surface area contributed by atoms with Gasteiger partial charge in [0.15, 0.2) is 0 Å². The molecule has 1 amide bonds. The highest BCUT2D eigenvalue weighted by atomic mass is 16.6. The average molecular weight is 320 g/mol. The number of nitro groups is 1. The fraction of sp³-hybridized carbons (Fsp3) is 0.500. The third kappa shape index (κ3) is 4.77. The van der Waals surface area contributed by atoms with Gasteiger partial charge in [0.1, 0.15) is 0 Å². The predicted octanol–water partition coefficient (Wildman–Crippen LogP) is 2.55. The lowest BCUT2D eigenvalue weighted by Crippen LogP contribution is -2.35. The number of aryl methyl sites for hydroxylation is 1. The smallest absolute Gasteiger partial charge is 0.314 e. The fourth-order valence-electron chi connectivity index (χ4n) is 2.24. The Kier molecular flexibility index (Phi) is 6.68. The van der Waals surface area contributed by atoms with Crippen LogP contribution in [-0.2, 0) is 4.79 Å². The maximum absolute atomic E-state index is 12.1. The Labute approximate surface area is 136 Å². The van der Waals surface area contributed by atoms with Crippen LogP contribution in [0, 0.1) is 17.0 Å². The standard InChI is InChI=1S/C16H24N4O3/c1-6-7-13(3)16(21)19(5)11-10-18(4)15-14(20(22)23)12(2)8-9-17-15/h7-9H,6,10-11H2,1-5H3. The average Bonchev–Trinajstić information content (AvgIpc) is 2.50. The number of amides is 1. The predicted molar refractivity (Wildman–Crippen MR) is 90.6 cm³/mol. The highest BCUT2D eigenvalue weighted by Gasteiger charge is 2.22. The Morgan fingerprint density at radius 3 is 2.61 bits per heavy atom. The van der Waals surface area contributed by atoms with Crippen LogP contribution >= 0.6 is 0 Å². The molecule has 23 heavy (non-hydrogen) atoms. The molecule has 126 valence electrons. The van der Waals surface area contributed by atoms with Crippen molar-refractivity contribution in [3.8, 4) is 0 Å². The molecule has 1 aromatic heterocycles. The molecule has 1 rings (SSSR count). The topological polar surface area (TPSA) is 79.6 Å². The second kappa shape index (κ2) is 8.26. The van der Waals surface area contributed by atoms with Crippen LogP contribution in [-0.4, -0.2) is 47.9 Å². The summed E-state index contributed by atoms with van der Waals surface area (Å²) in [4.78, 5) is 30.4. The van der Waals surface area contributed by atoms with Crippen LogP contribution in [0.1, 0.15) is 25.8 Å². The van der Waals surface area contributed by atoms with E-state index in [0.717, 1.165) is 6.42 Å². The zero-order valence-electron chi connectivity index (χ0n) is 14.4. The zero-order chi connectivity index (χ0) is 17.6. The zero-order valence-corrected chi connectivity index (χ0v) is 14.4. The van der Waals surface area contributed by atoms with Gasteiger partial charge < -0.3 is 9.80 Å². The molecule has 0 aliphatic heterocycles. The van der Waals surface area contributed by atoms with Crippen LogP contribution in [0.15, 0.2) is 23.9 Å². The van der Waals surface area contributed by atoms with Crippen molar-refractivity contribution in [1.29, 1.82) is 0 Å². The monoisotopic (exact) mass is 320 g/mol. The van der Waals surface area contributed by atoms with Crippen molar-refractivity contribution in [2.24, 2.45) is 0 Å². The minimum absolute atomic E-state index is 0.00559. The van der Waals surface area contributed by atoms with Crippen molar-refractivity contribution in [3.63, 3.8) is 0 Å². The molecule has 0 atom stereocenters. The SMILES string of the molecule is CCC=C(C)C(=O)N(C)CCN(C)c1nccc(C)c1[N+](=O)[O-]. The van der Waals surface area contributed by atoms with Crippen molar-refractivity contribution in [3.05, 3.63) is 39.6 Å². The van der Waals surface area contributed by atoms with Gasteiger partial charge in [0.05, 0.1) is 4.92 Å². The van der Waals surface area contributed by atoms with Gasteiger partial charge >= 0.3 is 5.69 Å². The number of rotatable bonds is 7. The Bertz CT molecular complexity index is 613. The molecular weight excluding hydrogens is 296 g/mol. The molecule has 0 N–H and O–H groups in total. The summed E-state index contributed by atoms with van der Waals surface area (Å²) >= 11 is 0. The van der Waals surface area contributed by atoms with Crippen LogP contribution in [0.2, 0.25) is 0 Å². The summed E-state index contributed by atoms with van der Waals surface area (Å²) < 4.78 is 0. The normalized spacial score (nSPS) is 11.3. The van der Waals surface area contributed by atoms with E-state index in [2.05, 4.69) is 4.98 Å². The van der Waals surface area contributed by atoms with Gasteiger partial charge in [-0.05, 0) is 26.3 Å². The Morgan fingerprint density at radius 1 is 1.39 bits per heavy atom. The van der Waals surface area contributed by atoms with E-state index in [1.54, 1.807) is 50.0 Å². The van der Waals surface area contributed by atoms with Gasteiger partial charge in [-0.25, -0.2) is 4.98 Å². The van der Waals surface area contributed by atoms with E-state index in [-0.39, 0.29) is 11.6 Å². The number of carbonyl (C=O) groups excluding carboxylic acids is 1. The minimum atomic E-state index is -0.419. The van der Waals surface area contributed by atoms with Gasteiger partial charge in [0.25, 0.3) is 0 Å². The first kappa shape index (κ1) is 18.6. The molecule has 0 fully saturated rings. The number of likely N-dealkylation sites (N-methyl/N-ethyl adjacent to an activating group) is 2. The molecule has 0 spiro atoms. The summed E-state index contributed by atoms with van der Waals surface area (Å²) in [5.74, 6) is 0.281. The first-order valence-electron chi connectivity index (χ1n) is 7.52. The summed E-state index contributed by atoms with van der Waals surface area (Å²) in [5, 5.41) is 11.2. The third-order valence-corrected chi connectivity index (χ3v) is 3.62. The molecule has 0 unspecified atom stereocenters. The molecule has 1 aromatic rings. The van der Waals surface area contributed by atoms with E-state index in [0.29, 0.717) is 30.0 Å². The van der Waals surface area contributed by atoms with Crippen LogP contribution in [0.4, 0.5) is 11.5 Å². The van der Waals surface area contributed by atoms with Crippen molar-refractivity contribution in [2.75, 3.05) is 32.1 Å². The van der Waals surface area contributed by atoms with Crippen molar-refractivity contribution in [2.45, 2.75) is 27.2 Å². The quantitative estimate of drug-likeness (QED) is 0.438. The van der Waals surface area contributed by atoms with Crippen LogP contribution in [0.3, 0.4) is 0 Å². The Balaban J connectivity index is 2.80. The van der Waals surface area contributed by atoms with Gasteiger partial charge in [0, 0.05) is 44.5 Å². The molecule has 7 nitrogen and oxygen atoms in total. The molecule has 0 aliphatic carbocycles. The summed E-state index contributed by atoms with van der Waals surface area (Å²) in [7, 11) is 3.46. The van der Waals surface area contributed by atoms with Crippen molar-refractivity contribution in [1.82, 2.24) is 9.88 Å². The molecule has 0 saturated carbocycles. The molecule has 7 heteroatoms. The molecule has 0 saturated heterocycles. The number of nitrogens with zero attached hydrogens (tertiary/aromatic N) is 4. The first-order valence-corrected chi connectivity index (χ1v) is 7.52. The van der Waals surface area contributed by atoms with Crippen LogP contribution in [0.25, 0.3) is 0 Å².